The summed E-state index contributed by atoms with van der Waals surface area (Å²) in [6, 6.07) is 8.80. The zero-order valence-corrected chi connectivity index (χ0v) is 15.6. The van der Waals surface area contributed by atoms with Crippen LogP contribution in [-0.2, 0) is 19.3 Å². The second kappa shape index (κ2) is 7.25. The van der Waals surface area contributed by atoms with E-state index >= 15 is 0 Å². The molecule has 0 fully saturated rings. The largest absolute Gasteiger partial charge is 0.475 e. The van der Waals surface area contributed by atoms with Crippen LogP contribution < -0.4 is 11.3 Å². The van der Waals surface area contributed by atoms with Gasteiger partial charge in [-0.25, -0.2) is 9.78 Å². The molecule has 0 unspecified atom stereocenters. The Labute approximate surface area is 160 Å². The Kier molecular flexibility index (Phi) is 4.80. The number of aromatic amines is 1. The number of thiophene rings is 1. The minimum Gasteiger partial charge on any atom is -0.475 e. The second-order valence-electron chi connectivity index (χ2n) is 6.95. The lowest BCUT2D eigenvalue weighted by atomic mass is 9.88. The number of carboxylic acids is 1. The molecular formula is C20H21N3O3S. The molecule has 0 saturated heterocycles. The van der Waals surface area contributed by atoms with Crippen molar-refractivity contribution in [1.82, 2.24) is 9.97 Å². The highest BCUT2D eigenvalue weighted by Crippen LogP contribution is 2.34. The van der Waals surface area contributed by atoms with Crippen molar-refractivity contribution in [2.75, 3.05) is 0 Å². The van der Waals surface area contributed by atoms with Gasteiger partial charge in [0.2, 0.25) is 5.82 Å². The first-order valence-corrected chi connectivity index (χ1v) is 9.97. The molecule has 5 rings (SSSR count). The molecule has 6 nitrogen and oxygen atoms in total. The van der Waals surface area contributed by atoms with E-state index < -0.39 is 5.97 Å². The van der Waals surface area contributed by atoms with Crippen molar-refractivity contribution in [3.63, 3.8) is 0 Å². The number of H-pyrrole nitrogens is 1. The molecule has 140 valence electrons. The van der Waals surface area contributed by atoms with Gasteiger partial charge in [0.25, 0.3) is 5.56 Å². The van der Waals surface area contributed by atoms with Crippen molar-refractivity contribution in [2.45, 2.75) is 44.6 Å². The minimum absolute atomic E-state index is 0.280. The Morgan fingerprint density at radius 1 is 1.22 bits per heavy atom. The molecule has 27 heavy (non-hydrogen) atoms. The molecule has 2 aromatic heterocycles. The van der Waals surface area contributed by atoms with Crippen LogP contribution in [0.3, 0.4) is 0 Å². The average Bonchev–Trinajstić information content (AvgIpc) is 3.23. The van der Waals surface area contributed by atoms with Crippen LogP contribution >= 0.6 is 11.3 Å². The van der Waals surface area contributed by atoms with Gasteiger partial charge in [-0.1, -0.05) is 24.3 Å². The molecule has 3 aromatic rings. The summed E-state index contributed by atoms with van der Waals surface area (Å²) in [6.07, 6.45) is 6.54. The number of rotatable bonds is 1. The first kappa shape index (κ1) is 17.9. The van der Waals surface area contributed by atoms with Crippen molar-refractivity contribution in [3.8, 4) is 0 Å². The fraction of sp³-hybridized carbons (Fsp3) is 0.350. The van der Waals surface area contributed by atoms with E-state index in [1.807, 2.05) is 0 Å². The highest BCUT2D eigenvalue weighted by Gasteiger charge is 2.22. The van der Waals surface area contributed by atoms with Gasteiger partial charge in [-0.3, -0.25) is 4.79 Å². The van der Waals surface area contributed by atoms with Crippen molar-refractivity contribution < 1.29 is 9.90 Å². The molecule has 2 aliphatic rings. The number of carboxylic acid groups (broad SMARTS) is 1. The first-order valence-electron chi connectivity index (χ1n) is 9.16. The summed E-state index contributed by atoms with van der Waals surface area (Å²) in [5, 5.41) is 9.37. The van der Waals surface area contributed by atoms with Crippen LogP contribution in [0.5, 0.6) is 0 Å². The van der Waals surface area contributed by atoms with Crippen LogP contribution in [0.2, 0.25) is 0 Å². The Morgan fingerprint density at radius 2 is 2.04 bits per heavy atom. The molecule has 0 amide bonds. The quantitative estimate of drug-likeness (QED) is 0.598. The molecule has 2 heterocycles. The van der Waals surface area contributed by atoms with E-state index in [4.69, 9.17) is 10.8 Å². The van der Waals surface area contributed by atoms with Gasteiger partial charge >= 0.3 is 5.97 Å². The Hall–Kier alpha value is -2.51. The summed E-state index contributed by atoms with van der Waals surface area (Å²) >= 11 is 1.44. The summed E-state index contributed by atoms with van der Waals surface area (Å²) in [7, 11) is 0. The van der Waals surface area contributed by atoms with E-state index in [1.54, 1.807) is 0 Å². The SMILES string of the molecule is N[C@H]1CCCc2ccccc21.O=C(O)c1nc2sc3c(c2c(=O)[nH]1)CCC3. The zero-order valence-electron chi connectivity index (χ0n) is 14.8. The summed E-state index contributed by atoms with van der Waals surface area (Å²) in [6.45, 7) is 0. The highest BCUT2D eigenvalue weighted by molar-refractivity contribution is 7.18. The Bertz CT molecular complexity index is 1070. The van der Waals surface area contributed by atoms with Gasteiger partial charge in [0.15, 0.2) is 0 Å². The molecule has 1 atom stereocenters. The van der Waals surface area contributed by atoms with E-state index in [0.717, 1.165) is 31.2 Å². The number of aromatic nitrogens is 2. The minimum atomic E-state index is -1.20. The monoisotopic (exact) mass is 383 g/mol. The molecule has 4 N–H and O–H groups in total. The topological polar surface area (TPSA) is 109 Å². The van der Waals surface area contributed by atoms with Crippen molar-refractivity contribution in [3.05, 3.63) is 62.0 Å². The fourth-order valence-electron chi connectivity index (χ4n) is 3.90. The number of benzene rings is 1. The lowest BCUT2D eigenvalue weighted by Crippen LogP contribution is -2.16. The van der Waals surface area contributed by atoms with Gasteiger partial charge in [0, 0.05) is 10.9 Å². The van der Waals surface area contributed by atoms with E-state index in [1.165, 1.54) is 40.2 Å². The van der Waals surface area contributed by atoms with Gasteiger partial charge < -0.3 is 15.8 Å². The van der Waals surface area contributed by atoms with Crippen molar-refractivity contribution in [2.24, 2.45) is 5.73 Å². The standard InChI is InChI=1S/C10H8N2O3S.C10H13N/c13-8-6-4-2-1-3-5(4)16-9(6)12-7(11-8)10(14)15;11-10-7-3-5-8-4-1-2-6-9(8)10/h1-3H2,(H,14,15)(H,11,12,13);1-2,4,6,10H,3,5,7,11H2/t;10-/m.0/s1. The van der Waals surface area contributed by atoms with Crippen LogP contribution in [0, 0.1) is 0 Å². The number of nitrogens with one attached hydrogen (secondary N) is 1. The third kappa shape index (κ3) is 3.40. The van der Waals surface area contributed by atoms with Crippen LogP contribution in [-0.4, -0.2) is 21.0 Å². The molecule has 2 aliphatic carbocycles. The molecule has 0 bridgehead atoms. The number of carbonyl (C=O) groups is 1. The summed E-state index contributed by atoms with van der Waals surface area (Å²) in [4.78, 5) is 30.5. The second-order valence-corrected chi connectivity index (χ2v) is 8.04. The Balaban J connectivity index is 0.000000143. The number of hydrogen-bond acceptors (Lipinski definition) is 5. The predicted molar refractivity (Wildman–Crippen MR) is 106 cm³/mol. The molecule has 7 heteroatoms. The number of nitrogens with zero attached hydrogens (tertiary/aromatic N) is 1. The molecule has 0 saturated carbocycles. The normalized spacial score (nSPS) is 17.7. The van der Waals surface area contributed by atoms with Crippen molar-refractivity contribution in [1.29, 1.82) is 0 Å². The number of hydrogen-bond donors (Lipinski definition) is 3. The maximum absolute atomic E-state index is 11.8. The zero-order chi connectivity index (χ0) is 19.0. The summed E-state index contributed by atoms with van der Waals surface area (Å²) < 4.78 is 0. The fourth-order valence-corrected chi connectivity index (χ4v) is 5.16. The average molecular weight is 383 g/mol. The third-order valence-electron chi connectivity index (χ3n) is 5.19. The van der Waals surface area contributed by atoms with E-state index in [9.17, 15) is 9.59 Å². The first-order chi connectivity index (χ1) is 13.0. The van der Waals surface area contributed by atoms with E-state index in [2.05, 4.69) is 34.2 Å². The van der Waals surface area contributed by atoms with Crippen LogP contribution in [0.4, 0.5) is 0 Å². The van der Waals surface area contributed by atoms with Gasteiger partial charge in [0.1, 0.15) is 4.83 Å². The lowest BCUT2D eigenvalue weighted by molar-refractivity contribution is 0.0683. The number of nitrogens with two attached hydrogens (primary N) is 1. The molecule has 0 aliphatic heterocycles. The molecular weight excluding hydrogens is 362 g/mol. The number of fused-ring (bicyclic) bond motifs is 4. The maximum Gasteiger partial charge on any atom is 0.372 e. The number of aromatic carboxylic acids is 1. The lowest BCUT2D eigenvalue weighted by Gasteiger charge is -2.21. The van der Waals surface area contributed by atoms with Gasteiger partial charge in [-0.15, -0.1) is 11.3 Å². The maximum atomic E-state index is 11.8. The highest BCUT2D eigenvalue weighted by atomic mass is 32.1. The summed E-state index contributed by atoms with van der Waals surface area (Å²) in [5.74, 6) is -1.48. The van der Waals surface area contributed by atoms with Gasteiger partial charge in [0.05, 0.1) is 5.39 Å². The predicted octanol–water partition coefficient (Wildman–Crippen LogP) is 3.19. The van der Waals surface area contributed by atoms with Crippen LogP contribution in [0.1, 0.15) is 57.5 Å². The van der Waals surface area contributed by atoms with E-state index in [-0.39, 0.29) is 11.4 Å². The van der Waals surface area contributed by atoms with E-state index in [0.29, 0.717) is 16.3 Å². The molecule has 1 aromatic carbocycles. The Morgan fingerprint density at radius 3 is 2.81 bits per heavy atom. The smallest absolute Gasteiger partial charge is 0.372 e. The van der Waals surface area contributed by atoms with Crippen molar-refractivity contribution >= 4 is 27.5 Å². The van der Waals surface area contributed by atoms with Crippen LogP contribution in [0.15, 0.2) is 29.1 Å². The van der Waals surface area contributed by atoms with Crippen LogP contribution in [0.25, 0.3) is 10.2 Å². The summed E-state index contributed by atoms with van der Waals surface area (Å²) in [5.41, 5.74) is 9.49. The number of aryl methyl sites for hydroxylation is 3. The molecule has 0 radical (unpaired) electrons. The van der Waals surface area contributed by atoms with Gasteiger partial charge in [-0.05, 0) is 55.2 Å². The third-order valence-corrected chi connectivity index (χ3v) is 6.38. The van der Waals surface area contributed by atoms with Gasteiger partial charge in [-0.2, -0.15) is 0 Å². The molecule has 0 spiro atoms.